The highest BCUT2D eigenvalue weighted by Crippen LogP contribution is 2.06. The van der Waals surface area contributed by atoms with Gasteiger partial charge in [-0.1, -0.05) is 0 Å². The Morgan fingerprint density at radius 3 is 2.50 bits per heavy atom. The topological polar surface area (TPSA) is 85.5 Å². The molecule has 0 aliphatic carbocycles. The summed E-state index contributed by atoms with van der Waals surface area (Å²) < 4.78 is 4.57. The summed E-state index contributed by atoms with van der Waals surface area (Å²) >= 11 is 0. The number of methoxy groups -OCH3 is 1. The van der Waals surface area contributed by atoms with Gasteiger partial charge in [-0.25, -0.2) is 0 Å². The van der Waals surface area contributed by atoms with E-state index in [1.54, 1.807) is 24.2 Å². The molecule has 0 aromatic carbocycles. The summed E-state index contributed by atoms with van der Waals surface area (Å²) in [6.07, 6.45) is 3.47. The Kier molecular flexibility index (Phi) is 8.51. The van der Waals surface area contributed by atoms with Gasteiger partial charge < -0.3 is 15.4 Å². The van der Waals surface area contributed by atoms with Gasteiger partial charge in [-0.3, -0.25) is 14.6 Å². The molecular weight excluding hydrogens is 282 g/mol. The number of aromatic nitrogens is 1. The van der Waals surface area contributed by atoms with Crippen molar-refractivity contribution in [1.29, 1.82) is 0 Å². The minimum Gasteiger partial charge on any atom is -0.469 e. The lowest BCUT2D eigenvalue weighted by Gasteiger charge is -2.24. The number of hydrogen-bond donors (Lipinski definition) is 1. The normalized spacial score (nSPS) is 11.2. The monoisotopic (exact) mass is 301 g/mol. The fourth-order valence-electron chi connectivity index (χ4n) is 1.59. The van der Waals surface area contributed by atoms with Crippen molar-refractivity contribution in [2.24, 2.45) is 5.73 Å². The number of hydrogen-bond acceptors (Lipinski definition) is 5. The summed E-state index contributed by atoms with van der Waals surface area (Å²) in [6.45, 7) is 2.31. The van der Waals surface area contributed by atoms with Crippen LogP contribution in [0, 0.1) is 0 Å². The summed E-state index contributed by atoms with van der Waals surface area (Å²) in [6, 6.07) is 3.04. The van der Waals surface area contributed by atoms with E-state index in [1.165, 1.54) is 7.11 Å². The first kappa shape index (κ1) is 18.3. The van der Waals surface area contributed by atoms with Crippen molar-refractivity contribution in [2.75, 3.05) is 13.7 Å². The molecule has 0 saturated carbocycles. The first-order valence-electron chi connectivity index (χ1n) is 6.04. The van der Waals surface area contributed by atoms with E-state index < -0.39 is 6.04 Å². The van der Waals surface area contributed by atoms with E-state index in [2.05, 4.69) is 9.72 Å². The zero-order chi connectivity index (χ0) is 14.3. The van der Waals surface area contributed by atoms with E-state index in [1.807, 2.05) is 12.1 Å². The molecule has 0 unspecified atom stereocenters. The molecule has 1 heterocycles. The molecule has 1 atom stereocenters. The van der Waals surface area contributed by atoms with Gasteiger partial charge in [0.1, 0.15) is 0 Å². The van der Waals surface area contributed by atoms with Gasteiger partial charge in [0.25, 0.3) is 0 Å². The molecule has 0 fully saturated rings. The molecule has 0 aliphatic rings. The summed E-state index contributed by atoms with van der Waals surface area (Å²) in [5.74, 6) is -0.544. The third-order valence-corrected chi connectivity index (χ3v) is 2.64. The molecule has 20 heavy (non-hydrogen) atoms. The number of nitrogens with zero attached hydrogens (tertiary/aromatic N) is 2. The van der Waals surface area contributed by atoms with Gasteiger partial charge in [0, 0.05) is 25.5 Å². The van der Waals surface area contributed by atoms with Crippen molar-refractivity contribution < 1.29 is 14.3 Å². The Bertz CT molecular complexity index is 426. The van der Waals surface area contributed by atoms with E-state index in [4.69, 9.17) is 5.73 Å². The van der Waals surface area contributed by atoms with Crippen LogP contribution < -0.4 is 5.73 Å². The van der Waals surface area contributed by atoms with Gasteiger partial charge in [-0.15, -0.1) is 12.4 Å². The van der Waals surface area contributed by atoms with Crippen LogP contribution in [0.15, 0.2) is 24.5 Å². The molecular formula is C13H20ClN3O3. The molecule has 0 spiro atoms. The summed E-state index contributed by atoms with van der Waals surface area (Å²) in [5, 5.41) is 0. The SMILES string of the molecule is COC(=O)CCN(Cc1ccncc1)C(=O)[C@@H](C)N.Cl. The maximum absolute atomic E-state index is 12.0. The molecule has 0 aliphatic heterocycles. The van der Waals surface area contributed by atoms with Crippen molar-refractivity contribution in [3.63, 3.8) is 0 Å². The maximum Gasteiger partial charge on any atom is 0.307 e. The number of pyridine rings is 1. The molecule has 2 N–H and O–H groups in total. The summed E-state index contributed by atoms with van der Waals surface area (Å²) in [4.78, 5) is 28.6. The van der Waals surface area contributed by atoms with Crippen LogP contribution in [0.5, 0.6) is 0 Å². The number of carbonyl (C=O) groups excluding carboxylic acids is 2. The average Bonchev–Trinajstić information content (AvgIpc) is 2.43. The minimum absolute atomic E-state index is 0. The lowest BCUT2D eigenvalue weighted by molar-refractivity contribution is -0.142. The van der Waals surface area contributed by atoms with E-state index in [0.717, 1.165) is 5.56 Å². The van der Waals surface area contributed by atoms with Crippen molar-refractivity contribution in [3.05, 3.63) is 30.1 Å². The number of halogens is 1. The highest BCUT2D eigenvalue weighted by molar-refractivity contribution is 5.85. The molecule has 1 amide bonds. The molecule has 7 heteroatoms. The van der Waals surface area contributed by atoms with E-state index in [0.29, 0.717) is 6.54 Å². The fraction of sp³-hybridized carbons (Fsp3) is 0.462. The van der Waals surface area contributed by atoms with Crippen LogP contribution in [0.25, 0.3) is 0 Å². The lowest BCUT2D eigenvalue weighted by atomic mass is 10.2. The van der Waals surface area contributed by atoms with Crippen LogP contribution in [-0.2, 0) is 20.9 Å². The van der Waals surface area contributed by atoms with E-state index in [-0.39, 0.29) is 37.2 Å². The number of esters is 1. The van der Waals surface area contributed by atoms with Crippen LogP contribution in [0.2, 0.25) is 0 Å². The number of ether oxygens (including phenoxy) is 1. The molecule has 0 radical (unpaired) electrons. The van der Waals surface area contributed by atoms with E-state index in [9.17, 15) is 9.59 Å². The molecule has 1 aromatic rings. The molecule has 0 bridgehead atoms. The highest BCUT2D eigenvalue weighted by Gasteiger charge is 2.18. The Morgan fingerprint density at radius 2 is 2.00 bits per heavy atom. The zero-order valence-corrected chi connectivity index (χ0v) is 12.4. The van der Waals surface area contributed by atoms with Crippen molar-refractivity contribution in [2.45, 2.75) is 25.9 Å². The minimum atomic E-state index is -0.598. The summed E-state index contributed by atoms with van der Waals surface area (Å²) in [5.41, 5.74) is 6.55. The van der Waals surface area contributed by atoms with Crippen molar-refractivity contribution >= 4 is 24.3 Å². The van der Waals surface area contributed by atoms with Crippen molar-refractivity contribution in [1.82, 2.24) is 9.88 Å². The second-order valence-corrected chi connectivity index (χ2v) is 4.23. The Balaban J connectivity index is 0.00000361. The van der Waals surface area contributed by atoms with Gasteiger partial charge in [-0.05, 0) is 24.6 Å². The molecule has 1 rings (SSSR count). The Labute approximate surface area is 124 Å². The zero-order valence-electron chi connectivity index (χ0n) is 11.6. The number of amides is 1. The van der Waals surface area contributed by atoms with Gasteiger partial charge >= 0.3 is 5.97 Å². The van der Waals surface area contributed by atoms with Crippen LogP contribution in [0.1, 0.15) is 18.9 Å². The molecule has 112 valence electrons. The summed E-state index contributed by atoms with van der Waals surface area (Å²) in [7, 11) is 1.32. The first-order chi connectivity index (χ1) is 9.04. The largest absolute Gasteiger partial charge is 0.469 e. The number of rotatable bonds is 6. The fourth-order valence-corrected chi connectivity index (χ4v) is 1.59. The standard InChI is InChI=1S/C13H19N3O3.ClH/c1-10(14)13(18)16(8-5-12(17)19-2)9-11-3-6-15-7-4-11;/h3-4,6-7,10H,5,8-9,14H2,1-2H3;1H/t10-;/m1./s1. The smallest absolute Gasteiger partial charge is 0.307 e. The van der Waals surface area contributed by atoms with Gasteiger partial charge in [0.05, 0.1) is 19.6 Å². The van der Waals surface area contributed by atoms with Crippen molar-refractivity contribution in [3.8, 4) is 0 Å². The van der Waals surface area contributed by atoms with E-state index >= 15 is 0 Å². The van der Waals surface area contributed by atoms with Gasteiger partial charge in [0.2, 0.25) is 5.91 Å². The second kappa shape index (κ2) is 9.28. The predicted octanol–water partition coefficient (Wildman–Crippen LogP) is 0.742. The first-order valence-corrected chi connectivity index (χ1v) is 6.04. The molecule has 6 nitrogen and oxygen atoms in total. The number of carbonyl (C=O) groups is 2. The molecule has 0 saturated heterocycles. The quantitative estimate of drug-likeness (QED) is 0.783. The third-order valence-electron chi connectivity index (χ3n) is 2.64. The Morgan fingerprint density at radius 1 is 1.40 bits per heavy atom. The second-order valence-electron chi connectivity index (χ2n) is 4.23. The maximum atomic E-state index is 12.0. The van der Waals surface area contributed by atoms with Gasteiger partial charge in [-0.2, -0.15) is 0 Å². The van der Waals surface area contributed by atoms with Crippen LogP contribution in [0.4, 0.5) is 0 Å². The Hall–Kier alpha value is -1.66. The van der Waals surface area contributed by atoms with Crippen LogP contribution in [0.3, 0.4) is 0 Å². The molecule has 1 aromatic heterocycles. The van der Waals surface area contributed by atoms with Crippen LogP contribution >= 0.6 is 12.4 Å². The van der Waals surface area contributed by atoms with Crippen LogP contribution in [-0.4, -0.2) is 41.5 Å². The van der Waals surface area contributed by atoms with Gasteiger partial charge in [0.15, 0.2) is 0 Å². The average molecular weight is 302 g/mol. The predicted molar refractivity (Wildman–Crippen MR) is 77.2 cm³/mol. The number of nitrogens with two attached hydrogens (primary N) is 1. The lowest BCUT2D eigenvalue weighted by Crippen LogP contribution is -2.42. The highest BCUT2D eigenvalue weighted by atomic mass is 35.5. The third kappa shape index (κ3) is 5.99.